The van der Waals surface area contributed by atoms with Crippen molar-refractivity contribution < 1.29 is 0 Å². The molecule has 0 amide bonds. The summed E-state index contributed by atoms with van der Waals surface area (Å²) in [7, 11) is 0. The van der Waals surface area contributed by atoms with Crippen LogP contribution in [0.1, 0.15) is 16.7 Å². The minimum absolute atomic E-state index is 0.708. The highest BCUT2D eigenvalue weighted by Crippen LogP contribution is 2.34. The van der Waals surface area contributed by atoms with Crippen molar-refractivity contribution in [3.63, 3.8) is 0 Å². The standard InChI is InChI=1S/C17H15N3/c1-10-6-17-14(7-12(10)8-18)15(9-20-17)13-4-3-5-16(19)11(13)2/h3-7,9,20H,19H2,1-2H3. The van der Waals surface area contributed by atoms with Crippen LogP contribution >= 0.6 is 0 Å². The van der Waals surface area contributed by atoms with Crippen LogP contribution in [0, 0.1) is 25.2 Å². The summed E-state index contributed by atoms with van der Waals surface area (Å²) < 4.78 is 0. The zero-order chi connectivity index (χ0) is 14.3. The molecule has 0 aliphatic carbocycles. The summed E-state index contributed by atoms with van der Waals surface area (Å²) in [4.78, 5) is 3.28. The Hall–Kier alpha value is -2.73. The topological polar surface area (TPSA) is 65.6 Å². The molecule has 2 aromatic carbocycles. The first-order valence-corrected chi connectivity index (χ1v) is 6.49. The molecule has 98 valence electrons. The number of nitrogens with zero attached hydrogens (tertiary/aromatic N) is 1. The molecule has 0 saturated carbocycles. The molecule has 0 atom stereocenters. The number of H-pyrrole nitrogens is 1. The fourth-order valence-corrected chi connectivity index (χ4v) is 2.57. The van der Waals surface area contributed by atoms with E-state index in [1.165, 1.54) is 0 Å². The molecule has 0 spiro atoms. The third-order valence-corrected chi connectivity index (χ3v) is 3.81. The molecule has 1 aromatic heterocycles. The second-order valence-electron chi connectivity index (χ2n) is 5.05. The smallest absolute Gasteiger partial charge is 0.0994 e. The van der Waals surface area contributed by atoms with Crippen LogP contribution in [0.4, 0.5) is 5.69 Å². The van der Waals surface area contributed by atoms with Crippen molar-refractivity contribution in [3.8, 4) is 17.2 Å². The van der Waals surface area contributed by atoms with Crippen molar-refractivity contribution >= 4 is 16.6 Å². The number of nitrogens with two attached hydrogens (primary N) is 1. The zero-order valence-corrected chi connectivity index (χ0v) is 11.5. The third kappa shape index (κ3) is 1.74. The van der Waals surface area contributed by atoms with Gasteiger partial charge in [-0.15, -0.1) is 0 Å². The molecule has 3 rings (SSSR count). The number of rotatable bonds is 1. The molecule has 3 aromatic rings. The number of hydrogen-bond acceptors (Lipinski definition) is 2. The average molecular weight is 261 g/mol. The summed E-state index contributed by atoms with van der Waals surface area (Å²) in [5.74, 6) is 0. The van der Waals surface area contributed by atoms with E-state index in [0.29, 0.717) is 5.56 Å². The van der Waals surface area contributed by atoms with Crippen molar-refractivity contribution in [2.45, 2.75) is 13.8 Å². The number of aromatic amines is 1. The minimum atomic E-state index is 0.708. The molecular weight excluding hydrogens is 246 g/mol. The molecule has 0 saturated heterocycles. The van der Waals surface area contributed by atoms with Gasteiger partial charge in [0.25, 0.3) is 0 Å². The van der Waals surface area contributed by atoms with Crippen LogP contribution < -0.4 is 5.73 Å². The normalized spacial score (nSPS) is 10.7. The Morgan fingerprint density at radius 3 is 2.70 bits per heavy atom. The van der Waals surface area contributed by atoms with Gasteiger partial charge in [0.1, 0.15) is 0 Å². The van der Waals surface area contributed by atoms with Gasteiger partial charge in [0.15, 0.2) is 0 Å². The summed E-state index contributed by atoms with van der Waals surface area (Å²) in [5.41, 5.74) is 12.8. The van der Waals surface area contributed by atoms with Gasteiger partial charge in [0.2, 0.25) is 0 Å². The predicted octanol–water partition coefficient (Wildman–Crippen LogP) is 3.91. The van der Waals surface area contributed by atoms with Gasteiger partial charge in [-0.3, -0.25) is 0 Å². The highest BCUT2D eigenvalue weighted by atomic mass is 14.7. The Kier molecular flexibility index (Phi) is 2.73. The Balaban J connectivity index is 2.33. The van der Waals surface area contributed by atoms with Crippen LogP contribution in [0.3, 0.4) is 0 Å². The fourth-order valence-electron chi connectivity index (χ4n) is 2.57. The van der Waals surface area contributed by atoms with E-state index in [1.54, 1.807) is 0 Å². The van der Waals surface area contributed by atoms with Gasteiger partial charge in [-0.25, -0.2) is 0 Å². The molecule has 0 radical (unpaired) electrons. The zero-order valence-electron chi connectivity index (χ0n) is 11.5. The molecule has 0 aliphatic rings. The maximum atomic E-state index is 9.20. The first-order valence-electron chi connectivity index (χ1n) is 6.49. The van der Waals surface area contributed by atoms with Crippen molar-refractivity contribution in [1.29, 1.82) is 5.26 Å². The molecule has 20 heavy (non-hydrogen) atoms. The van der Waals surface area contributed by atoms with Crippen LogP contribution in [-0.2, 0) is 0 Å². The fraction of sp³-hybridized carbons (Fsp3) is 0.118. The largest absolute Gasteiger partial charge is 0.398 e. The van der Waals surface area contributed by atoms with Gasteiger partial charge in [-0.1, -0.05) is 12.1 Å². The van der Waals surface area contributed by atoms with Crippen LogP contribution in [0.15, 0.2) is 36.5 Å². The lowest BCUT2D eigenvalue weighted by molar-refractivity contribution is 1.40. The van der Waals surface area contributed by atoms with Crippen molar-refractivity contribution in [2.75, 3.05) is 5.73 Å². The van der Waals surface area contributed by atoms with Gasteiger partial charge >= 0.3 is 0 Å². The number of nitrogens with one attached hydrogen (secondary N) is 1. The molecule has 3 N–H and O–H groups in total. The van der Waals surface area contributed by atoms with E-state index >= 15 is 0 Å². The number of aromatic nitrogens is 1. The van der Waals surface area contributed by atoms with Crippen molar-refractivity contribution in [1.82, 2.24) is 4.98 Å². The number of fused-ring (bicyclic) bond motifs is 1. The van der Waals surface area contributed by atoms with E-state index in [1.807, 2.05) is 44.3 Å². The van der Waals surface area contributed by atoms with Crippen molar-refractivity contribution in [2.24, 2.45) is 0 Å². The predicted molar refractivity (Wildman–Crippen MR) is 82.3 cm³/mol. The summed E-state index contributed by atoms with van der Waals surface area (Å²) >= 11 is 0. The number of hydrogen-bond donors (Lipinski definition) is 2. The molecule has 0 unspecified atom stereocenters. The van der Waals surface area contributed by atoms with Crippen molar-refractivity contribution in [3.05, 3.63) is 53.2 Å². The number of nitriles is 1. The molecule has 0 bridgehead atoms. The number of anilines is 1. The average Bonchev–Trinajstić information content (AvgIpc) is 2.83. The van der Waals surface area contributed by atoms with Gasteiger partial charge in [0.05, 0.1) is 11.6 Å². The Bertz CT molecular complexity index is 851. The maximum Gasteiger partial charge on any atom is 0.0994 e. The molecule has 1 heterocycles. The SMILES string of the molecule is Cc1cc2[nH]cc(-c3cccc(N)c3C)c2cc1C#N. The van der Waals surface area contributed by atoms with Crippen LogP contribution in [0.25, 0.3) is 22.0 Å². The van der Waals surface area contributed by atoms with Gasteiger partial charge < -0.3 is 10.7 Å². The molecule has 3 nitrogen and oxygen atoms in total. The molecule has 0 fully saturated rings. The minimum Gasteiger partial charge on any atom is -0.398 e. The number of nitrogen functional groups attached to an aromatic ring is 1. The van der Waals surface area contributed by atoms with E-state index in [9.17, 15) is 5.26 Å². The number of benzene rings is 2. The van der Waals surface area contributed by atoms with Gasteiger partial charge in [-0.05, 0) is 48.7 Å². The first-order chi connectivity index (χ1) is 9.61. The lowest BCUT2D eigenvalue weighted by atomic mass is 9.97. The highest BCUT2D eigenvalue weighted by Gasteiger charge is 2.11. The van der Waals surface area contributed by atoms with E-state index in [4.69, 9.17) is 5.73 Å². The van der Waals surface area contributed by atoms with Crippen LogP contribution in [-0.4, -0.2) is 4.98 Å². The third-order valence-electron chi connectivity index (χ3n) is 3.81. The summed E-state index contributed by atoms with van der Waals surface area (Å²) in [6.45, 7) is 3.97. The highest BCUT2D eigenvalue weighted by molar-refractivity contribution is 5.98. The van der Waals surface area contributed by atoms with E-state index in [0.717, 1.165) is 38.8 Å². The maximum absolute atomic E-state index is 9.20. The lowest BCUT2D eigenvalue weighted by Crippen LogP contribution is -1.91. The van der Waals surface area contributed by atoms with E-state index in [-0.39, 0.29) is 0 Å². The summed E-state index contributed by atoms with van der Waals surface area (Å²) in [6, 6.07) is 12.1. The molecule has 3 heteroatoms. The quantitative estimate of drug-likeness (QED) is 0.652. The van der Waals surface area contributed by atoms with E-state index < -0.39 is 0 Å². The Morgan fingerprint density at radius 1 is 1.15 bits per heavy atom. The van der Waals surface area contributed by atoms with Gasteiger partial charge in [-0.2, -0.15) is 5.26 Å². The van der Waals surface area contributed by atoms with Crippen LogP contribution in [0.5, 0.6) is 0 Å². The lowest BCUT2D eigenvalue weighted by Gasteiger charge is -2.08. The van der Waals surface area contributed by atoms with Crippen LogP contribution in [0.2, 0.25) is 0 Å². The number of aryl methyl sites for hydroxylation is 1. The second-order valence-corrected chi connectivity index (χ2v) is 5.05. The Labute approximate surface area is 117 Å². The first kappa shape index (κ1) is 12.3. The molecular formula is C17H15N3. The van der Waals surface area contributed by atoms with E-state index in [2.05, 4.69) is 17.1 Å². The second kappa shape index (κ2) is 4.43. The summed E-state index contributed by atoms with van der Waals surface area (Å²) in [5, 5.41) is 10.3. The summed E-state index contributed by atoms with van der Waals surface area (Å²) in [6.07, 6.45) is 1.98. The monoisotopic (exact) mass is 261 g/mol. The Morgan fingerprint density at radius 2 is 1.95 bits per heavy atom. The van der Waals surface area contributed by atoms with Gasteiger partial charge in [0, 0.05) is 28.4 Å². The molecule has 0 aliphatic heterocycles.